The summed E-state index contributed by atoms with van der Waals surface area (Å²) >= 11 is 0. The molecule has 0 aromatic heterocycles. The maximum Gasteiger partial charge on any atom is 0.292 e. The van der Waals surface area contributed by atoms with Crippen molar-refractivity contribution in [1.29, 1.82) is 0 Å². The van der Waals surface area contributed by atoms with Gasteiger partial charge in [-0.2, -0.15) is 0 Å². The minimum atomic E-state index is -0.220. The highest BCUT2D eigenvalue weighted by atomic mass is 16.5. The number of nitrogens with zero attached hydrogens (tertiary/aromatic N) is 1. The fraction of sp³-hybridized carbons (Fsp3) is 0.500. The standard InChI is InChI=1S/C16H21N3O3/c1-17-7-9-18(10-8-17)14-11-15(20)19(16(14)21)12-3-5-13(22-2)6-4-12/h3-6,14H,7-11H2,1-2H3/p+2/t14-/m1/s1. The normalized spacial score (nSPS) is 29.0. The van der Waals surface area contributed by atoms with E-state index in [1.165, 1.54) is 14.7 Å². The van der Waals surface area contributed by atoms with Gasteiger partial charge in [-0.15, -0.1) is 0 Å². The first-order chi connectivity index (χ1) is 10.6. The van der Waals surface area contributed by atoms with E-state index in [0.717, 1.165) is 26.2 Å². The Morgan fingerprint density at radius 3 is 2.32 bits per heavy atom. The lowest BCUT2D eigenvalue weighted by Crippen LogP contribution is -3.29. The number of nitrogens with one attached hydrogen (secondary N) is 2. The van der Waals surface area contributed by atoms with Crippen molar-refractivity contribution in [2.75, 3.05) is 45.2 Å². The van der Waals surface area contributed by atoms with Gasteiger partial charge in [0.1, 0.15) is 31.9 Å². The Morgan fingerprint density at radius 2 is 1.73 bits per heavy atom. The molecule has 118 valence electrons. The number of likely N-dealkylation sites (N-methyl/N-ethyl adjacent to an activating group) is 1. The van der Waals surface area contributed by atoms with Gasteiger partial charge in [-0.1, -0.05) is 0 Å². The van der Waals surface area contributed by atoms with Gasteiger partial charge in [0.15, 0.2) is 6.04 Å². The van der Waals surface area contributed by atoms with Crippen LogP contribution >= 0.6 is 0 Å². The summed E-state index contributed by atoms with van der Waals surface area (Å²) in [5.74, 6) is 0.552. The van der Waals surface area contributed by atoms with Crippen LogP contribution in [-0.4, -0.2) is 58.2 Å². The highest BCUT2D eigenvalue weighted by Gasteiger charge is 2.46. The Morgan fingerprint density at radius 1 is 1.09 bits per heavy atom. The average molecular weight is 305 g/mol. The summed E-state index contributed by atoms with van der Waals surface area (Å²) in [4.78, 5) is 29.1. The van der Waals surface area contributed by atoms with Gasteiger partial charge in [-0.05, 0) is 24.3 Å². The Labute approximate surface area is 130 Å². The maximum atomic E-state index is 12.7. The smallest absolute Gasteiger partial charge is 0.292 e. The molecule has 2 amide bonds. The van der Waals surface area contributed by atoms with E-state index >= 15 is 0 Å². The van der Waals surface area contributed by atoms with Crippen LogP contribution in [0.5, 0.6) is 5.75 Å². The molecule has 2 aliphatic heterocycles. The minimum Gasteiger partial charge on any atom is -0.497 e. The van der Waals surface area contributed by atoms with Crippen molar-refractivity contribution in [2.24, 2.45) is 0 Å². The van der Waals surface area contributed by atoms with Gasteiger partial charge in [-0.25, -0.2) is 4.90 Å². The van der Waals surface area contributed by atoms with Crippen LogP contribution in [0.1, 0.15) is 6.42 Å². The topological polar surface area (TPSA) is 55.5 Å². The fourth-order valence-corrected chi connectivity index (χ4v) is 3.30. The third kappa shape index (κ3) is 2.71. The minimum absolute atomic E-state index is 0.0651. The van der Waals surface area contributed by atoms with Crippen molar-refractivity contribution in [3.63, 3.8) is 0 Å². The van der Waals surface area contributed by atoms with Crippen LogP contribution in [0.3, 0.4) is 0 Å². The number of ether oxygens (including phenoxy) is 1. The number of methoxy groups -OCH3 is 1. The van der Waals surface area contributed by atoms with Crippen LogP contribution in [-0.2, 0) is 9.59 Å². The van der Waals surface area contributed by atoms with Gasteiger partial charge < -0.3 is 14.5 Å². The van der Waals surface area contributed by atoms with Crippen molar-refractivity contribution in [3.8, 4) is 5.75 Å². The van der Waals surface area contributed by atoms with Gasteiger partial charge in [-0.3, -0.25) is 9.59 Å². The third-order valence-corrected chi connectivity index (χ3v) is 4.72. The SMILES string of the molecule is COc1ccc(N2C(=O)C[C@@H]([NH+]3CC[NH+](C)CC3)C2=O)cc1. The summed E-state index contributed by atoms with van der Waals surface area (Å²) in [6.45, 7) is 4.00. The van der Waals surface area contributed by atoms with Crippen LogP contribution in [0.2, 0.25) is 0 Å². The molecule has 2 fully saturated rings. The Hall–Kier alpha value is -1.92. The molecule has 2 aliphatic rings. The third-order valence-electron chi connectivity index (χ3n) is 4.72. The molecule has 0 spiro atoms. The highest BCUT2D eigenvalue weighted by molar-refractivity contribution is 6.21. The number of rotatable bonds is 3. The van der Waals surface area contributed by atoms with Gasteiger partial charge in [0.05, 0.1) is 26.3 Å². The lowest BCUT2D eigenvalue weighted by atomic mass is 10.2. The lowest BCUT2D eigenvalue weighted by Gasteiger charge is -2.30. The first-order valence-electron chi connectivity index (χ1n) is 7.77. The molecule has 3 rings (SSSR count). The molecule has 2 heterocycles. The molecule has 6 nitrogen and oxygen atoms in total. The second kappa shape index (κ2) is 6.06. The van der Waals surface area contributed by atoms with Crippen molar-refractivity contribution in [2.45, 2.75) is 12.5 Å². The monoisotopic (exact) mass is 305 g/mol. The van der Waals surface area contributed by atoms with Gasteiger partial charge in [0.2, 0.25) is 5.91 Å². The summed E-state index contributed by atoms with van der Waals surface area (Å²) in [7, 11) is 3.76. The van der Waals surface area contributed by atoms with Gasteiger partial charge >= 0.3 is 0 Å². The molecule has 1 atom stereocenters. The van der Waals surface area contributed by atoms with E-state index in [9.17, 15) is 9.59 Å². The molecule has 0 bridgehead atoms. The maximum absolute atomic E-state index is 12.7. The number of benzene rings is 1. The molecule has 1 aromatic rings. The van der Waals surface area contributed by atoms with Crippen LogP contribution in [0.4, 0.5) is 5.69 Å². The number of quaternary nitrogens is 2. The van der Waals surface area contributed by atoms with Gasteiger partial charge in [0.25, 0.3) is 5.91 Å². The summed E-state index contributed by atoms with van der Waals surface area (Å²) in [6.07, 6.45) is 0.319. The highest BCUT2D eigenvalue weighted by Crippen LogP contribution is 2.24. The van der Waals surface area contributed by atoms with E-state index in [4.69, 9.17) is 4.74 Å². The molecule has 1 aromatic carbocycles. The second-order valence-electron chi connectivity index (χ2n) is 6.14. The van der Waals surface area contributed by atoms with Crippen LogP contribution in [0.25, 0.3) is 0 Å². The van der Waals surface area contributed by atoms with E-state index in [1.807, 2.05) is 0 Å². The average Bonchev–Trinajstić information content (AvgIpc) is 2.83. The number of hydrogen-bond acceptors (Lipinski definition) is 3. The summed E-state index contributed by atoms with van der Waals surface area (Å²) in [6, 6.07) is 6.86. The van der Waals surface area contributed by atoms with Crippen molar-refractivity contribution >= 4 is 17.5 Å². The Kier molecular flexibility index (Phi) is 4.13. The fourth-order valence-electron chi connectivity index (χ4n) is 3.30. The molecular formula is C16H23N3O3+2. The zero-order valence-corrected chi connectivity index (χ0v) is 13.1. The summed E-state index contributed by atoms with van der Waals surface area (Å²) in [5.41, 5.74) is 0.637. The molecule has 0 radical (unpaired) electrons. The number of anilines is 1. The zero-order chi connectivity index (χ0) is 15.7. The molecule has 2 N–H and O–H groups in total. The molecule has 0 saturated carbocycles. The number of piperazine rings is 1. The molecular weight excluding hydrogens is 282 g/mol. The van der Waals surface area contributed by atoms with E-state index < -0.39 is 0 Å². The van der Waals surface area contributed by atoms with Crippen molar-refractivity contribution < 1.29 is 24.1 Å². The Bertz CT molecular complexity index is 565. The summed E-state index contributed by atoms with van der Waals surface area (Å²) < 4.78 is 5.12. The zero-order valence-electron chi connectivity index (χ0n) is 13.1. The first-order valence-corrected chi connectivity index (χ1v) is 7.77. The number of hydrogen-bond donors (Lipinski definition) is 2. The lowest BCUT2D eigenvalue weighted by molar-refractivity contribution is -1.01. The predicted octanol–water partition coefficient (Wildman–Crippen LogP) is -2.26. The molecule has 22 heavy (non-hydrogen) atoms. The number of imide groups is 1. The van der Waals surface area contributed by atoms with Gasteiger partial charge in [0, 0.05) is 0 Å². The number of carbonyl (C=O) groups is 2. The second-order valence-corrected chi connectivity index (χ2v) is 6.14. The first kappa shape index (κ1) is 15.0. The van der Waals surface area contributed by atoms with E-state index in [2.05, 4.69) is 7.05 Å². The van der Waals surface area contributed by atoms with Crippen molar-refractivity contribution in [3.05, 3.63) is 24.3 Å². The Balaban J connectivity index is 1.76. The van der Waals surface area contributed by atoms with Crippen LogP contribution in [0, 0.1) is 0 Å². The van der Waals surface area contributed by atoms with E-state index in [1.54, 1.807) is 31.4 Å². The molecule has 0 unspecified atom stereocenters. The molecule has 0 aliphatic carbocycles. The van der Waals surface area contributed by atoms with Crippen LogP contribution in [0.15, 0.2) is 24.3 Å². The van der Waals surface area contributed by atoms with E-state index in [-0.39, 0.29) is 17.9 Å². The van der Waals surface area contributed by atoms with E-state index in [0.29, 0.717) is 17.9 Å². The summed E-state index contributed by atoms with van der Waals surface area (Å²) in [5, 5.41) is 0. The largest absolute Gasteiger partial charge is 0.497 e. The molecule has 6 heteroatoms. The number of carbonyl (C=O) groups excluding carboxylic acids is 2. The number of amides is 2. The quantitative estimate of drug-likeness (QED) is 0.620. The predicted molar refractivity (Wildman–Crippen MR) is 81.2 cm³/mol. The van der Waals surface area contributed by atoms with Crippen molar-refractivity contribution in [1.82, 2.24) is 0 Å². The molecule has 2 saturated heterocycles. The van der Waals surface area contributed by atoms with Crippen LogP contribution < -0.4 is 19.4 Å².